The second-order valence-electron chi connectivity index (χ2n) is 13.6. The van der Waals surface area contributed by atoms with Crippen molar-refractivity contribution >= 4 is 52.4 Å². The van der Waals surface area contributed by atoms with Crippen LogP contribution in [0.15, 0.2) is 176 Å². The van der Waals surface area contributed by atoms with E-state index >= 15 is 0 Å². The van der Waals surface area contributed by atoms with Gasteiger partial charge in [0.05, 0.1) is 0 Å². The first kappa shape index (κ1) is 32.8. The number of benzene rings is 7. The molecule has 1 aliphatic carbocycles. The number of fused-ring (bicyclic) bond motifs is 1. The van der Waals surface area contributed by atoms with Crippen molar-refractivity contribution in [2.24, 2.45) is 0 Å². The van der Waals surface area contributed by atoms with Gasteiger partial charge < -0.3 is 9.80 Å². The fourth-order valence-corrected chi connectivity index (χ4v) is 7.20. The van der Waals surface area contributed by atoms with Gasteiger partial charge >= 0.3 is 0 Å². The summed E-state index contributed by atoms with van der Waals surface area (Å²) in [5.41, 5.74) is 16.9. The minimum absolute atomic E-state index is 1.11. The van der Waals surface area contributed by atoms with Crippen LogP contribution in [0.3, 0.4) is 0 Å². The van der Waals surface area contributed by atoms with Gasteiger partial charge in [0, 0.05) is 34.1 Å². The summed E-state index contributed by atoms with van der Waals surface area (Å²) in [6.45, 7) is 4.35. The molecule has 0 saturated carbocycles. The van der Waals surface area contributed by atoms with Gasteiger partial charge in [-0.2, -0.15) is 0 Å². The molecule has 252 valence electrons. The molecule has 0 radical (unpaired) electrons. The largest absolute Gasteiger partial charge is 0.311 e. The molecule has 0 atom stereocenters. The van der Waals surface area contributed by atoms with E-state index in [0.29, 0.717) is 0 Å². The molecule has 0 unspecified atom stereocenters. The lowest BCUT2D eigenvalue weighted by Gasteiger charge is -2.27. The lowest BCUT2D eigenvalue weighted by molar-refractivity contribution is 0.985. The van der Waals surface area contributed by atoms with Crippen LogP contribution in [0, 0.1) is 13.8 Å². The van der Waals surface area contributed by atoms with Gasteiger partial charge in [0.15, 0.2) is 0 Å². The molecule has 0 aromatic heterocycles. The molecule has 1 aliphatic rings. The first-order valence-corrected chi connectivity index (χ1v) is 18.1. The third-order valence-corrected chi connectivity index (χ3v) is 9.75. The highest BCUT2D eigenvalue weighted by Crippen LogP contribution is 2.39. The minimum atomic E-state index is 1.11. The average molecular weight is 671 g/mol. The average Bonchev–Trinajstić information content (AvgIpc) is 3.19. The molecule has 0 bridgehead atoms. The van der Waals surface area contributed by atoms with Gasteiger partial charge in [-0.3, -0.25) is 0 Å². The van der Waals surface area contributed by atoms with Crippen molar-refractivity contribution in [2.75, 3.05) is 9.80 Å². The smallest absolute Gasteiger partial charge is 0.0467 e. The third-order valence-electron chi connectivity index (χ3n) is 9.75. The summed E-state index contributed by atoms with van der Waals surface area (Å²) in [4.78, 5) is 4.67. The van der Waals surface area contributed by atoms with E-state index in [1.54, 1.807) is 0 Å². The highest BCUT2D eigenvalue weighted by molar-refractivity contribution is 5.82. The minimum Gasteiger partial charge on any atom is -0.311 e. The van der Waals surface area contributed by atoms with Crippen LogP contribution in [-0.4, -0.2) is 0 Å². The molecular formula is C50H42N2. The molecule has 2 heteroatoms. The molecule has 0 amide bonds. The first-order chi connectivity index (χ1) is 25.6. The zero-order valence-corrected chi connectivity index (χ0v) is 29.8. The molecule has 52 heavy (non-hydrogen) atoms. The van der Waals surface area contributed by atoms with E-state index in [9.17, 15) is 0 Å². The number of allylic oxidation sites excluding steroid dienone is 1. The second-order valence-corrected chi connectivity index (χ2v) is 13.6. The lowest BCUT2D eigenvalue weighted by atomic mass is 9.96. The zero-order chi connectivity index (χ0) is 35.3. The molecule has 0 heterocycles. The van der Waals surface area contributed by atoms with Crippen molar-refractivity contribution in [3.63, 3.8) is 0 Å². The Labute approximate surface area is 308 Å². The van der Waals surface area contributed by atoms with Crippen LogP contribution >= 0.6 is 0 Å². The van der Waals surface area contributed by atoms with Crippen LogP contribution in [-0.2, 0) is 6.42 Å². The number of anilines is 6. The Balaban J connectivity index is 1.00. The fourth-order valence-electron chi connectivity index (χ4n) is 7.20. The summed E-state index contributed by atoms with van der Waals surface area (Å²) >= 11 is 0. The van der Waals surface area contributed by atoms with Crippen molar-refractivity contribution < 1.29 is 0 Å². The quantitative estimate of drug-likeness (QED) is 0.141. The van der Waals surface area contributed by atoms with Crippen LogP contribution in [0.25, 0.3) is 29.4 Å². The maximum atomic E-state index is 2.38. The number of hydrogen-bond acceptors (Lipinski definition) is 2. The van der Waals surface area contributed by atoms with Crippen LogP contribution in [0.5, 0.6) is 0 Å². The van der Waals surface area contributed by atoms with Gasteiger partial charge in [0.1, 0.15) is 0 Å². The van der Waals surface area contributed by atoms with E-state index in [1.165, 1.54) is 50.3 Å². The Morgan fingerprint density at radius 3 is 1.46 bits per heavy atom. The molecule has 0 N–H and O–H groups in total. The molecule has 0 spiro atoms. The summed E-state index contributed by atoms with van der Waals surface area (Å²) < 4.78 is 0. The van der Waals surface area contributed by atoms with Gasteiger partial charge in [-0.25, -0.2) is 0 Å². The van der Waals surface area contributed by atoms with Crippen LogP contribution < -0.4 is 9.80 Å². The molecule has 0 aliphatic heterocycles. The van der Waals surface area contributed by atoms with E-state index in [-0.39, 0.29) is 0 Å². The van der Waals surface area contributed by atoms with Crippen LogP contribution in [0.1, 0.15) is 39.8 Å². The normalized spacial score (nSPS) is 12.1. The SMILES string of the molecule is Cc1cc(C)cc(N(c2ccc(-c3ccc(/C=C/c4ccc(N(c5ccccc5)c5ccccc5)cc4)cc3)cc2)c2ccc3c(c2)C=CCC3)c1. The van der Waals surface area contributed by atoms with Crippen molar-refractivity contribution in [3.05, 3.63) is 209 Å². The number of rotatable bonds is 9. The second kappa shape index (κ2) is 14.8. The zero-order valence-electron chi connectivity index (χ0n) is 29.8. The molecule has 7 aromatic rings. The van der Waals surface area contributed by atoms with Gasteiger partial charge in [-0.1, -0.05) is 121 Å². The van der Waals surface area contributed by atoms with Gasteiger partial charge in [0.2, 0.25) is 0 Å². The molecule has 0 saturated heterocycles. The van der Waals surface area contributed by atoms with Gasteiger partial charge in [-0.05, 0) is 144 Å². The molecule has 0 fully saturated rings. The Kier molecular flexibility index (Phi) is 9.37. The Morgan fingerprint density at radius 2 is 0.885 bits per heavy atom. The van der Waals surface area contributed by atoms with E-state index < -0.39 is 0 Å². The highest BCUT2D eigenvalue weighted by atomic mass is 15.1. The van der Waals surface area contributed by atoms with E-state index in [2.05, 4.69) is 218 Å². The van der Waals surface area contributed by atoms with E-state index in [0.717, 1.165) is 41.2 Å². The van der Waals surface area contributed by atoms with Crippen molar-refractivity contribution in [3.8, 4) is 11.1 Å². The third kappa shape index (κ3) is 7.24. The summed E-state index contributed by atoms with van der Waals surface area (Å²) in [7, 11) is 0. The summed E-state index contributed by atoms with van der Waals surface area (Å²) in [5, 5.41) is 0. The Bertz CT molecular complexity index is 2280. The van der Waals surface area contributed by atoms with Crippen LogP contribution in [0.4, 0.5) is 34.1 Å². The Hall–Kier alpha value is -6.38. The number of para-hydroxylation sites is 2. The highest BCUT2D eigenvalue weighted by Gasteiger charge is 2.16. The van der Waals surface area contributed by atoms with E-state index in [1.807, 2.05) is 0 Å². The lowest BCUT2D eigenvalue weighted by Crippen LogP contribution is -2.11. The molecule has 2 nitrogen and oxygen atoms in total. The predicted octanol–water partition coefficient (Wildman–Crippen LogP) is 14.0. The summed E-state index contributed by atoms with van der Waals surface area (Å²) in [6, 6.07) is 61.3. The van der Waals surface area contributed by atoms with E-state index in [4.69, 9.17) is 0 Å². The monoisotopic (exact) mass is 670 g/mol. The summed E-state index contributed by atoms with van der Waals surface area (Å²) in [6.07, 6.45) is 11.1. The number of nitrogens with zero attached hydrogens (tertiary/aromatic N) is 2. The summed E-state index contributed by atoms with van der Waals surface area (Å²) in [5.74, 6) is 0. The molecular weight excluding hydrogens is 629 g/mol. The van der Waals surface area contributed by atoms with Crippen LogP contribution in [0.2, 0.25) is 0 Å². The maximum absolute atomic E-state index is 2.38. The number of hydrogen-bond donors (Lipinski definition) is 0. The predicted molar refractivity (Wildman–Crippen MR) is 223 cm³/mol. The number of aryl methyl sites for hydroxylation is 3. The maximum Gasteiger partial charge on any atom is 0.0467 e. The Morgan fingerprint density at radius 1 is 0.423 bits per heavy atom. The molecule has 7 aromatic carbocycles. The van der Waals surface area contributed by atoms with Crippen molar-refractivity contribution in [1.29, 1.82) is 0 Å². The fraction of sp³-hybridized carbons (Fsp3) is 0.0800. The standard InChI is InChI=1S/C50H42N2/c1-37-33-38(2)35-50(34-37)52(49-32-27-41-11-9-10-12-44(41)36-49)48-30-25-43(26-31-48)42-23-19-39(20-24-42)17-18-40-21-28-47(29-22-40)51(45-13-5-3-6-14-45)46-15-7-4-8-16-46/h3-8,10,12-36H,9,11H2,1-2H3/b18-17+. The van der Waals surface area contributed by atoms with Crippen molar-refractivity contribution in [2.45, 2.75) is 26.7 Å². The topological polar surface area (TPSA) is 6.48 Å². The molecule has 8 rings (SSSR count). The van der Waals surface area contributed by atoms with Gasteiger partial charge in [0.25, 0.3) is 0 Å². The van der Waals surface area contributed by atoms with Crippen molar-refractivity contribution in [1.82, 2.24) is 0 Å². The van der Waals surface area contributed by atoms with Gasteiger partial charge in [-0.15, -0.1) is 0 Å². The first-order valence-electron chi connectivity index (χ1n) is 18.1.